The number of ether oxygens (including phenoxy) is 1. The van der Waals surface area contributed by atoms with E-state index in [-0.39, 0.29) is 5.91 Å². The first-order chi connectivity index (χ1) is 15.9. The van der Waals surface area contributed by atoms with Crippen LogP contribution in [-0.2, 0) is 13.2 Å². The number of rotatable bonds is 7. The van der Waals surface area contributed by atoms with Crippen molar-refractivity contribution in [3.63, 3.8) is 0 Å². The number of nitrogens with one attached hydrogen (secondary N) is 1. The van der Waals surface area contributed by atoms with Crippen LogP contribution in [0.3, 0.4) is 0 Å². The van der Waals surface area contributed by atoms with Crippen molar-refractivity contribution in [2.45, 2.75) is 27.0 Å². The number of anilines is 1. The summed E-state index contributed by atoms with van der Waals surface area (Å²) in [6.07, 6.45) is 3.43. The Bertz CT molecular complexity index is 1240. The summed E-state index contributed by atoms with van der Waals surface area (Å²) in [5.41, 5.74) is 5.19. The molecule has 168 valence electrons. The van der Waals surface area contributed by atoms with Crippen molar-refractivity contribution in [3.05, 3.63) is 111 Å². The molecule has 1 aromatic heterocycles. The van der Waals surface area contributed by atoms with Gasteiger partial charge in [0.05, 0.1) is 18.4 Å². The molecule has 1 amide bonds. The molecular formula is C26H23Cl2N3O2. The number of benzene rings is 3. The molecule has 3 aromatic carbocycles. The van der Waals surface area contributed by atoms with Gasteiger partial charge < -0.3 is 10.1 Å². The second-order valence-electron chi connectivity index (χ2n) is 7.86. The Morgan fingerprint density at radius 3 is 2.27 bits per heavy atom. The maximum atomic E-state index is 12.6. The highest BCUT2D eigenvalue weighted by molar-refractivity contribution is 6.32. The molecule has 0 spiro atoms. The number of amides is 1. The maximum Gasteiger partial charge on any atom is 0.255 e. The summed E-state index contributed by atoms with van der Waals surface area (Å²) in [6.45, 7) is 4.91. The van der Waals surface area contributed by atoms with Crippen molar-refractivity contribution in [3.8, 4) is 5.75 Å². The van der Waals surface area contributed by atoms with Gasteiger partial charge in [-0.05, 0) is 72.5 Å². The Kier molecular flexibility index (Phi) is 7.02. The van der Waals surface area contributed by atoms with Crippen LogP contribution in [0.25, 0.3) is 0 Å². The lowest BCUT2D eigenvalue weighted by atomic mass is 10.1. The van der Waals surface area contributed by atoms with Crippen LogP contribution in [-0.4, -0.2) is 15.7 Å². The minimum absolute atomic E-state index is 0.197. The summed E-state index contributed by atoms with van der Waals surface area (Å²) in [7, 11) is 0. The average molecular weight is 480 g/mol. The minimum atomic E-state index is -0.197. The quantitative estimate of drug-likeness (QED) is 0.321. The molecule has 0 saturated carbocycles. The van der Waals surface area contributed by atoms with E-state index >= 15 is 0 Å². The molecule has 33 heavy (non-hydrogen) atoms. The highest BCUT2D eigenvalue weighted by Gasteiger charge is 2.09. The van der Waals surface area contributed by atoms with Gasteiger partial charge in [-0.15, -0.1) is 0 Å². The first kappa shape index (κ1) is 22.9. The normalized spacial score (nSPS) is 10.8. The third kappa shape index (κ3) is 5.95. The fourth-order valence-electron chi connectivity index (χ4n) is 3.40. The lowest BCUT2D eigenvalue weighted by Gasteiger charge is -2.10. The predicted molar refractivity (Wildman–Crippen MR) is 132 cm³/mol. The third-order valence-corrected chi connectivity index (χ3v) is 6.03. The zero-order valence-electron chi connectivity index (χ0n) is 18.3. The monoisotopic (exact) mass is 479 g/mol. The van der Waals surface area contributed by atoms with Crippen molar-refractivity contribution >= 4 is 34.8 Å². The molecule has 5 nitrogen and oxygen atoms in total. The largest absolute Gasteiger partial charge is 0.489 e. The molecule has 0 unspecified atom stereocenters. The van der Waals surface area contributed by atoms with Gasteiger partial charge >= 0.3 is 0 Å². The first-order valence-corrected chi connectivity index (χ1v) is 11.2. The number of hydrogen-bond acceptors (Lipinski definition) is 3. The molecule has 4 rings (SSSR count). The van der Waals surface area contributed by atoms with E-state index in [4.69, 9.17) is 27.9 Å². The van der Waals surface area contributed by atoms with Gasteiger partial charge in [-0.25, -0.2) is 0 Å². The van der Waals surface area contributed by atoms with Gasteiger partial charge in [-0.2, -0.15) is 5.10 Å². The van der Waals surface area contributed by atoms with E-state index in [0.717, 1.165) is 33.0 Å². The predicted octanol–water partition coefficient (Wildman–Crippen LogP) is 6.69. The fourth-order valence-corrected chi connectivity index (χ4v) is 3.64. The van der Waals surface area contributed by atoms with Crippen LogP contribution in [0.15, 0.2) is 73.1 Å². The molecule has 0 aliphatic heterocycles. The number of nitrogens with zero attached hydrogens (tertiary/aromatic N) is 2. The summed E-state index contributed by atoms with van der Waals surface area (Å²) in [6, 6.07) is 18.8. The third-order valence-electron chi connectivity index (χ3n) is 5.18. The van der Waals surface area contributed by atoms with Crippen LogP contribution in [0, 0.1) is 13.8 Å². The Morgan fingerprint density at radius 1 is 0.970 bits per heavy atom. The second-order valence-corrected chi connectivity index (χ2v) is 8.68. The van der Waals surface area contributed by atoms with Crippen LogP contribution in [0.1, 0.15) is 32.6 Å². The average Bonchev–Trinajstić information content (AvgIpc) is 3.24. The van der Waals surface area contributed by atoms with Crippen LogP contribution in [0.4, 0.5) is 5.69 Å². The molecule has 0 fully saturated rings. The van der Waals surface area contributed by atoms with Crippen molar-refractivity contribution in [1.82, 2.24) is 9.78 Å². The van der Waals surface area contributed by atoms with Crippen molar-refractivity contribution in [2.24, 2.45) is 0 Å². The summed E-state index contributed by atoms with van der Waals surface area (Å²) in [5, 5.41) is 8.64. The zero-order valence-corrected chi connectivity index (χ0v) is 19.8. The van der Waals surface area contributed by atoms with E-state index in [1.165, 1.54) is 0 Å². The molecule has 0 saturated heterocycles. The lowest BCUT2D eigenvalue weighted by Crippen LogP contribution is -2.11. The Balaban J connectivity index is 1.33. The van der Waals surface area contributed by atoms with Gasteiger partial charge in [0, 0.05) is 21.8 Å². The maximum absolute atomic E-state index is 12.6. The summed E-state index contributed by atoms with van der Waals surface area (Å²) in [5.74, 6) is 0.573. The van der Waals surface area contributed by atoms with E-state index in [9.17, 15) is 4.79 Å². The zero-order chi connectivity index (χ0) is 23.4. The first-order valence-electron chi connectivity index (χ1n) is 10.4. The number of carbonyl (C=O) groups excluding carboxylic acids is 1. The Morgan fingerprint density at radius 2 is 1.61 bits per heavy atom. The van der Waals surface area contributed by atoms with Gasteiger partial charge in [-0.3, -0.25) is 9.48 Å². The Labute approximate surface area is 202 Å². The SMILES string of the molecule is Cc1cc(OCc2ccc(C(=O)Nc3cnn(Cc4ccc(Cl)cc4)c3)cc2)cc(C)c1Cl. The summed E-state index contributed by atoms with van der Waals surface area (Å²) in [4.78, 5) is 12.6. The van der Waals surface area contributed by atoms with E-state index in [0.29, 0.717) is 29.4 Å². The molecular weight excluding hydrogens is 457 g/mol. The van der Waals surface area contributed by atoms with E-state index in [2.05, 4.69) is 10.4 Å². The molecule has 0 radical (unpaired) electrons. The van der Waals surface area contributed by atoms with Crippen molar-refractivity contribution in [1.29, 1.82) is 0 Å². The molecule has 0 aliphatic carbocycles. The molecule has 1 heterocycles. The summed E-state index contributed by atoms with van der Waals surface area (Å²) >= 11 is 12.1. The van der Waals surface area contributed by atoms with Gasteiger partial charge in [0.25, 0.3) is 5.91 Å². The molecule has 0 aliphatic rings. The fraction of sp³-hybridized carbons (Fsp3) is 0.154. The van der Waals surface area contributed by atoms with E-state index in [1.807, 2.05) is 62.4 Å². The number of aromatic nitrogens is 2. The van der Waals surface area contributed by atoms with E-state index in [1.54, 1.807) is 29.2 Å². The molecule has 0 bridgehead atoms. The lowest BCUT2D eigenvalue weighted by molar-refractivity contribution is 0.102. The highest BCUT2D eigenvalue weighted by atomic mass is 35.5. The smallest absolute Gasteiger partial charge is 0.255 e. The number of hydrogen-bond donors (Lipinski definition) is 1. The van der Waals surface area contributed by atoms with Crippen molar-refractivity contribution in [2.75, 3.05) is 5.32 Å². The number of aryl methyl sites for hydroxylation is 2. The molecule has 1 N–H and O–H groups in total. The van der Waals surface area contributed by atoms with Crippen molar-refractivity contribution < 1.29 is 9.53 Å². The Hall–Kier alpha value is -3.28. The van der Waals surface area contributed by atoms with Gasteiger partial charge in [0.15, 0.2) is 0 Å². The van der Waals surface area contributed by atoms with Crippen LogP contribution < -0.4 is 10.1 Å². The van der Waals surface area contributed by atoms with Gasteiger partial charge in [0.2, 0.25) is 0 Å². The molecule has 0 atom stereocenters. The van der Waals surface area contributed by atoms with Crippen LogP contribution in [0.5, 0.6) is 5.75 Å². The highest BCUT2D eigenvalue weighted by Crippen LogP contribution is 2.26. The van der Waals surface area contributed by atoms with Crippen LogP contribution in [0.2, 0.25) is 10.0 Å². The molecule has 4 aromatic rings. The standard InChI is InChI=1S/C26H23Cl2N3O2/c1-17-11-24(12-18(2)25(17)28)33-16-20-3-7-21(8-4-20)26(32)30-23-13-29-31(15-23)14-19-5-9-22(27)10-6-19/h3-13,15H,14,16H2,1-2H3,(H,30,32). The number of carbonyl (C=O) groups is 1. The van der Waals surface area contributed by atoms with E-state index < -0.39 is 0 Å². The second kappa shape index (κ2) is 10.1. The minimum Gasteiger partial charge on any atom is -0.489 e. The van der Waals surface area contributed by atoms with Crippen LogP contribution >= 0.6 is 23.2 Å². The topological polar surface area (TPSA) is 56.1 Å². The van der Waals surface area contributed by atoms with Gasteiger partial charge in [-0.1, -0.05) is 47.5 Å². The number of halogens is 2. The molecule has 7 heteroatoms. The van der Waals surface area contributed by atoms with Gasteiger partial charge in [0.1, 0.15) is 12.4 Å². The summed E-state index contributed by atoms with van der Waals surface area (Å²) < 4.78 is 7.65.